The average molecular weight is 253 g/mol. The summed E-state index contributed by atoms with van der Waals surface area (Å²) in [6.45, 7) is 4.96. The van der Waals surface area contributed by atoms with Gasteiger partial charge in [0, 0.05) is 13.1 Å². The summed E-state index contributed by atoms with van der Waals surface area (Å²) in [6, 6.07) is 4.99. The third-order valence-corrected chi connectivity index (χ3v) is 4.12. The molecule has 0 fully saturated rings. The van der Waals surface area contributed by atoms with Crippen molar-refractivity contribution in [2.24, 2.45) is 0 Å². The van der Waals surface area contributed by atoms with Gasteiger partial charge in [-0.1, -0.05) is 6.92 Å². The van der Waals surface area contributed by atoms with E-state index in [0.717, 1.165) is 12.1 Å². The monoisotopic (exact) mass is 253 g/mol. The Labute approximate surface area is 101 Å². The zero-order chi connectivity index (χ0) is 12.5. The van der Waals surface area contributed by atoms with Gasteiger partial charge in [-0.05, 0) is 25.1 Å². The van der Waals surface area contributed by atoms with Crippen LogP contribution in [-0.4, -0.2) is 24.5 Å². The first-order valence-corrected chi connectivity index (χ1v) is 7.01. The standard InChI is InChI=1S/C11H15N3O2S/c1-3-13-17(15,16)9-5-6-11-10(7-9)12-8-14(11)4-2/h5-8,13H,3-4H2,1-2H3. The molecule has 0 atom stereocenters. The molecule has 0 bridgehead atoms. The molecule has 6 heteroatoms. The number of benzene rings is 1. The Morgan fingerprint density at radius 2 is 2.12 bits per heavy atom. The van der Waals surface area contributed by atoms with E-state index in [-0.39, 0.29) is 4.90 Å². The maximum Gasteiger partial charge on any atom is 0.240 e. The summed E-state index contributed by atoms with van der Waals surface area (Å²) in [5.41, 5.74) is 1.65. The van der Waals surface area contributed by atoms with Gasteiger partial charge in [0.2, 0.25) is 10.0 Å². The second-order valence-corrected chi connectivity index (χ2v) is 5.45. The number of hydrogen-bond acceptors (Lipinski definition) is 3. The van der Waals surface area contributed by atoms with E-state index < -0.39 is 10.0 Å². The van der Waals surface area contributed by atoms with Crippen LogP contribution in [0.2, 0.25) is 0 Å². The molecule has 92 valence electrons. The number of aromatic nitrogens is 2. The lowest BCUT2D eigenvalue weighted by Gasteiger charge is -2.04. The summed E-state index contributed by atoms with van der Waals surface area (Å²) in [5, 5.41) is 0. The molecule has 17 heavy (non-hydrogen) atoms. The highest BCUT2D eigenvalue weighted by molar-refractivity contribution is 7.89. The fourth-order valence-electron chi connectivity index (χ4n) is 1.74. The molecule has 0 saturated heterocycles. The van der Waals surface area contributed by atoms with Gasteiger partial charge in [0.15, 0.2) is 0 Å². The molecular weight excluding hydrogens is 238 g/mol. The fourth-order valence-corrected chi connectivity index (χ4v) is 2.80. The number of nitrogens with one attached hydrogen (secondary N) is 1. The lowest BCUT2D eigenvalue weighted by Crippen LogP contribution is -2.23. The second-order valence-electron chi connectivity index (χ2n) is 3.68. The van der Waals surface area contributed by atoms with Gasteiger partial charge in [-0.25, -0.2) is 18.1 Å². The van der Waals surface area contributed by atoms with Gasteiger partial charge >= 0.3 is 0 Å². The number of nitrogens with zero attached hydrogens (tertiary/aromatic N) is 2. The summed E-state index contributed by atoms with van der Waals surface area (Å²) in [4.78, 5) is 4.45. The van der Waals surface area contributed by atoms with E-state index in [0.29, 0.717) is 12.1 Å². The molecule has 2 rings (SSSR count). The molecule has 0 aliphatic heterocycles. The Morgan fingerprint density at radius 1 is 1.35 bits per heavy atom. The lowest BCUT2D eigenvalue weighted by molar-refractivity contribution is 0.584. The normalized spacial score (nSPS) is 12.1. The van der Waals surface area contributed by atoms with Crippen molar-refractivity contribution in [3.8, 4) is 0 Å². The molecule has 1 aromatic carbocycles. The van der Waals surface area contributed by atoms with E-state index in [2.05, 4.69) is 9.71 Å². The quantitative estimate of drug-likeness (QED) is 0.894. The number of sulfonamides is 1. The highest BCUT2D eigenvalue weighted by Gasteiger charge is 2.14. The zero-order valence-electron chi connectivity index (χ0n) is 9.84. The maximum atomic E-state index is 11.8. The van der Waals surface area contributed by atoms with Crippen LogP contribution in [-0.2, 0) is 16.6 Å². The van der Waals surface area contributed by atoms with Crippen LogP contribution in [0.3, 0.4) is 0 Å². The molecule has 0 spiro atoms. The van der Waals surface area contributed by atoms with E-state index in [1.165, 1.54) is 0 Å². The molecule has 1 N–H and O–H groups in total. The summed E-state index contributed by atoms with van der Waals surface area (Å²) in [6.07, 6.45) is 1.72. The van der Waals surface area contributed by atoms with Crippen molar-refractivity contribution in [1.29, 1.82) is 0 Å². The van der Waals surface area contributed by atoms with Crippen molar-refractivity contribution in [3.05, 3.63) is 24.5 Å². The van der Waals surface area contributed by atoms with Crippen LogP contribution in [0.25, 0.3) is 11.0 Å². The van der Waals surface area contributed by atoms with Gasteiger partial charge in [-0.3, -0.25) is 0 Å². The van der Waals surface area contributed by atoms with Crippen LogP contribution in [0.4, 0.5) is 0 Å². The van der Waals surface area contributed by atoms with Crippen LogP contribution < -0.4 is 4.72 Å². The molecule has 0 saturated carbocycles. The number of hydrogen-bond donors (Lipinski definition) is 1. The summed E-state index contributed by atoms with van der Waals surface area (Å²) in [7, 11) is -3.40. The minimum absolute atomic E-state index is 0.258. The van der Waals surface area contributed by atoms with E-state index in [1.807, 2.05) is 11.5 Å². The van der Waals surface area contributed by atoms with Crippen molar-refractivity contribution < 1.29 is 8.42 Å². The number of aryl methyl sites for hydroxylation is 1. The van der Waals surface area contributed by atoms with Gasteiger partial charge < -0.3 is 4.57 Å². The first-order valence-electron chi connectivity index (χ1n) is 5.53. The molecule has 0 amide bonds. The van der Waals surface area contributed by atoms with Crippen LogP contribution in [0.1, 0.15) is 13.8 Å². The predicted octanol–water partition coefficient (Wildman–Crippen LogP) is 1.35. The topological polar surface area (TPSA) is 64.0 Å². The summed E-state index contributed by atoms with van der Waals surface area (Å²) in [5.74, 6) is 0. The minimum atomic E-state index is -3.40. The zero-order valence-corrected chi connectivity index (χ0v) is 10.7. The van der Waals surface area contributed by atoms with Crippen molar-refractivity contribution in [1.82, 2.24) is 14.3 Å². The predicted molar refractivity (Wildman–Crippen MR) is 66.3 cm³/mol. The van der Waals surface area contributed by atoms with Crippen molar-refractivity contribution in [2.45, 2.75) is 25.3 Å². The molecule has 1 aromatic heterocycles. The van der Waals surface area contributed by atoms with Crippen molar-refractivity contribution >= 4 is 21.1 Å². The number of imidazole rings is 1. The van der Waals surface area contributed by atoms with Gasteiger partial charge in [0.05, 0.1) is 22.3 Å². The number of fused-ring (bicyclic) bond motifs is 1. The van der Waals surface area contributed by atoms with Gasteiger partial charge in [0.25, 0.3) is 0 Å². The van der Waals surface area contributed by atoms with E-state index >= 15 is 0 Å². The van der Waals surface area contributed by atoms with E-state index in [4.69, 9.17) is 0 Å². The highest BCUT2D eigenvalue weighted by atomic mass is 32.2. The third-order valence-electron chi connectivity index (χ3n) is 2.58. The first-order chi connectivity index (χ1) is 8.08. The molecule has 0 aliphatic rings. The Kier molecular flexibility index (Phi) is 3.17. The first kappa shape index (κ1) is 12.1. The molecule has 1 heterocycles. The number of rotatable bonds is 4. The highest BCUT2D eigenvalue weighted by Crippen LogP contribution is 2.18. The lowest BCUT2D eigenvalue weighted by atomic mass is 10.3. The summed E-state index contributed by atoms with van der Waals surface area (Å²) < 4.78 is 28.0. The van der Waals surface area contributed by atoms with Gasteiger partial charge in [0.1, 0.15) is 0 Å². The largest absolute Gasteiger partial charge is 0.331 e. The Bertz CT molecular complexity index is 631. The van der Waals surface area contributed by atoms with Gasteiger partial charge in [-0.15, -0.1) is 0 Å². The Morgan fingerprint density at radius 3 is 2.76 bits per heavy atom. The smallest absolute Gasteiger partial charge is 0.240 e. The minimum Gasteiger partial charge on any atom is -0.331 e. The van der Waals surface area contributed by atoms with Crippen LogP contribution in [0, 0.1) is 0 Å². The molecular formula is C11H15N3O2S. The fraction of sp³-hybridized carbons (Fsp3) is 0.364. The molecule has 0 aliphatic carbocycles. The Balaban J connectivity index is 2.53. The van der Waals surface area contributed by atoms with Crippen LogP contribution in [0.5, 0.6) is 0 Å². The van der Waals surface area contributed by atoms with Crippen molar-refractivity contribution in [3.63, 3.8) is 0 Å². The van der Waals surface area contributed by atoms with Gasteiger partial charge in [-0.2, -0.15) is 0 Å². The van der Waals surface area contributed by atoms with Crippen LogP contribution >= 0.6 is 0 Å². The van der Waals surface area contributed by atoms with E-state index in [1.54, 1.807) is 31.5 Å². The second kappa shape index (κ2) is 4.46. The molecule has 2 aromatic rings. The summed E-state index contributed by atoms with van der Waals surface area (Å²) >= 11 is 0. The Hall–Kier alpha value is -1.40. The van der Waals surface area contributed by atoms with Crippen LogP contribution in [0.15, 0.2) is 29.4 Å². The average Bonchev–Trinajstić information content (AvgIpc) is 2.70. The molecule has 0 unspecified atom stereocenters. The molecule has 0 radical (unpaired) electrons. The SMILES string of the molecule is CCNS(=O)(=O)c1ccc2c(c1)ncn2CC. The van der Waals surface area contributed by atoms with Crippen molar-refractivity contribution in [2.75, 3.05) is 6.54 Å². The molecule has 5 nitrogen and oxygen atoms in total. The van der Waals surface area contributed by atoms with E-state index in [9.17, 15) is 8.42 Å². The maximum absolute atomic E-state index is 11.8. The third kappa shape index (κ3) is 2.18.